The van der Waals surface area contributed by atoms with Crippen LogP contribution >= 0.6 is 0 Å². The van der Waals surface area contributed by atoms with E-state index in [4.69, 9.17) is 13.1 Å². The number of alkyl halides is 3. The highest BCUT2D eigenvalue weighted by Crippen LogP contribution is 2.39. The molecule has 2 aliphatic carbocycles. The molecule has 2 heterocycles. The highest BCUT2D eigenvalue weighted by Gasteiger charge is 2.38. The van der Waals surface area contributed by atoms with Crippen LogP contribution in [0.25, 0.3) is 43.6 Å². The number of benzene rings is 1. The fraction of sp³-hybridized carbons (Fsp3) is 0.167. The SMILES string of the molecule is [C-]#[N+]/C(C#N)=c1/c2c(/c(=C(\C#N)[N+]#[C-])c3c1-c1nc(C)cnc1C3)-c1nc(C(F)(F)F)cnc1C2. The van der Waals surface area contributed by atoms with Crippen molar-refractivity contribution in [3.05, 3.63) is 79.6 Å². The summed E-state index contributed by atoms with van der Waals surface area (Å²) in [4.78, 5) is 23.4. The van der Waals surface area contributed by atoms with E-state index in [0.29, 0.717) is 40.0 Å². The van der Waals surface area contributed by atoms with E-state index in [1.54, 1.807) is 13.1 Å². The van der Waals surface area contributed by atoms with Crippen LogP contribution in [-0.2, 0) is 19.0 Å². The molecule has 1 aromatic carbocycles. The highest BCUT2D eigenvalue weighted by molar-refractivity contribution is 5.90. The molecule has 5 rings (SSSR count). The molecule has 35 heavy (non-hydrogen) atoms. The molecule has 0 N–H and O–H groups in total. The first-order valence-electron chi connectivity index (χ1n) is 10.0. The molecule has 8 nitrogen and oxygen atoms in total. The Morgan fingerprint density at radius 2 is 1.37 bits per heavy atom. The van der Waals surface area contributed by atoms with Gasteiger partial charge in [0.1, 0.15) is 0 Å². The predicted molar refractivity (Wildman–Crippen MR) is 114 cm³/mol. The van der Waals surface area contributed by atoms with Crippen molar-refractivity contribution in [3.8, 4) is 34.7 Å². The van der Waals surface area contributed by atoms with Gasteiger partial charge in [-0.2, -0.15) is 13.2 Å². The van der Waals surface area contributed by atoms with E-state index >= 15 is 0 Å². The number of aryl methyl sites for hydroxylation is 1. The molecular weight excluding hydrogens is 457 g/mol. The first-order valence-corrected chi connectivity index (χ1v) is 10.0. The lowest BCUT2D eigenvalue weighted by molar-refractivity contribution is -0.141. The fourth-order valence-corrected chi connectivity index (χ4v) is 4.57. The Hall–Kier alpha value is -5.13. The minimum absolute atomic E-state index is 0.0304. The van der Waals surface area contributed by atoms with Gasteiger partial charge in [0.2, 0.25) is 0 Å². The molecule has 2 aromatic heterocycles. The zero-order valence-corrected chi connectivity index (χ0v) is 17.8. The Bertz CT molecular complexity index is 1760. The standard InChI is InChI=1S/C24H9F3N8/c1-10-8-32-13-4-11-19(16(7-29)31-3)21-12(18(15(6-28)30-2)20(11)22(13)34-10)5-14-23(21)35-17(9-33-14)24(25,26)27/h8-9H,4-5H2,1H3/b18-15-,19-16+. The van der Waals surface area contributed by atoms with Gasteiger partial charge in [0.05, 0.1) is 59.9 Å². The van der Waals surface area contributed by atoms with Crippen molar-refractivity contribution in [2.45, 2.75) is 25.9 Å². The zero-order chi connectivity index (χ0) is 25.1. The topological polar surface area (TPSA) is 108 Å². The molecule has 0 spiro atoms. The van der Waals surface area contributed by atoms with Crippen molar-refractivity contribution in [3.63, 3.8) is 0 Å². The van der Waals surface area contributed by atoms with Gasteiger partial charge in [0.15, 0.2) is 5.69 Å². The van der Waals surface area contributed by atoms with E-state index in [1.807, 2.05) is 12.1 Å². The van der Waals surface area contributed by atoms with Crippen molar-refractivity contribution in [2.75, 3.05) is 0 Å². The molecule has 11 heteroatoms. The fourth-order valence-electron chi connectivity index (χ4n) is 4.57. The van der Waals surface area contributed by atoms with E-state index in [9.17, 15) is 23.7 Å². The summed E-state index contributed by atoms with van der Waals surface area (Å²) in [7, 11) is 0. The third-order valence-corrected chi connectivity index (χ3v) is 5.89. The van der Waals surface area contributed by atoms with Crippen LogP contribution in [0.1, 0.15) is 33.9 Å². The van der Waals surface area contributed by atoms with Gasteiger partial charge in [-0.3, -0.25) is 9.97 Å². The van der Waals surface area contributed by atoms with Crippen LogP contribution in [0.2, 0.25) is 0 Å². The van der Waals surface area contributed by atoms with Gasteiger partial charge in [-0.1, -0.05) is 0 Å². The molecule has 0 fully saturated rings. The molecule has 0 bridgehead atoms. The summed E-state index contributed by atoms with van der Waals surface area (Å²) in [6, 6.07) is 3.71. The average Bonchev–Trinajstić information content (AvgIpc) is 3.39. The minimum Gasteiger partial charge on any atom is -0.257 e. The summed E-state index contributed by atoms with van der Waals surface area (Å²) in [5, 5.41) is 19.8. The molecule has 0 atom stereocenters. The number of halogens is 3. The number of nitriles is 2. The third kappa shape index (κ3) is 3.04. The summed E-state index contributed by atoms with van der Waals surface area (Å²) in [5.41, 5.74) is 0.911. The number of nitrogens with zero attached hydrogens (tertiary/aromatic N) is 8. The second-order valence-corrected chi connectivity index (χ2v) is 7.81. The van der Waals surface area contributed by atoms with Crippen molar-refractivity contribution in [1.29, 1.82) is 10.5 Å². The molecule has 0 aliphatic heterocycles. The quantitative estimate of drug-likeness (QED) is 0.325. The minimum atomic E-state index is -4.77. The Labute approximate surface area is 195 Å². The summed E-state index contributed by atoms with van der Waals surface area (Å²) in [6.07, 6.45) is -2.52. The van der Waals surface area contributed by atoms with E-state index in [2.05, 4.69) is 29.6 Å². The maximum absolute atomic E-state index is 13.5. The molecule has 3 aromatic rings. The molecule has 0 radical (unpaired) electrons. The van der Waals surface area contributed by atoms with E-state index in [1.165, 1.54) is 0 Å². The van der Waals surface area contributed by atoms with E-state index < -0.39 is 11.9 Å². The van der Waals surface area contributed by atoms with E-state index in [0.717, 1.165) is 0 Å². The lowest BCUT2D eigenvalue weighted by Crippen LogP contribution is -2.26. The smallest absolute Gasteiger partial charge is 0.257 e. The van der Waals surface area contributed by atoms with Crippen LogP contribution in [0.15, 0.2) is 12.4 Å². The zero-order valence-electron chi connectivity index (χ0n) is 17.8. The van der Waals surface area contributed by atoms with Gasteiger partial charge in [0.25, 0.3) is 11.4 Å². The largest absolute Gasteiger partial charge is 0.434 e. The number of hydrogen-bond donors (Lipinski definition) is 0. The second-order valence-electron chi connectivity index (χ2n) is 7.81. The van der Waals surface area contributed by atoms with Gasteiger partial charge < -0.3 is 0 Å². The van der Waals surface area contributed by atoms with Crippen molar-refractivity contribution in [2.24, 2.45) is 0 Å². The molecule has 166 valence electrons. The number of rotatable bonds is 0. The Morgan fingerprint density at radius 3 is 1.83 bits per heavy atom. The molecule has 0 amide bonds. The summed E-state index contributed by atoms with van der Waals surface area (Å²) >= 11 is 0. The maximum atomic E-state index is 13.5. The number of aromatic nitrogens is 4. The van der Waals surface area contributed by atoms with Crippen molar-refractivity contribution in [1.82, 2.24) is 19.9 Å². The van der Waals surface area contributed by atoms with Gasteiger partial charge in [-0.15, -0.1) is 0 Å². The molecule has 0 saturated carbocycles. The highest BCUT2D eigenvalue weighted by atomic mass is 19.4. The lowest BCUT2D eigenvalue weighted by Gasteiger charge is -2.12. The molecule has 2 aliphatic rings. The number of hydrogen-bond acceptors (Lipinski definition) is 6. The third-order valence-electron chi connectivity index (χ3n) is 5.89. The Kier molecular flexibility index (Phi) is 4.62. The Morgan fingerprint density at radius 1 is 0.886 bits per heavy atom. The van der Waals surface area contributed by atoms with Crippen LogP contribution in [0.3, 0.4) is 0 Å². The average molecular weight is 466 g/mol. The molecule has 0 unspecified atom stereocenters. The second kappa shape index (κ2) is 7.45. The molecule has 0 saturated heterocycles. The normalized spacial score (nSPS) is 14.3. The predicted octanol–water partition coefficient (Wildman–Crippen LogP) is 2.84. The van der Waals surface area contributed by atoms with Crippen LogP contribution in [0, 0.1) is 42.7 Å². The van der Waals surface area contributed by atoms with Gasteiger partial charge in [-0.05, 0) is 18.1 Å². The maximum Gasteiger partial charge on any atom is 0.434 e. The van der Waals surface area contributed by atoms with Crippen LogP contribution in [0.5, 0.6) is 0 Å². The summed E-state index contributed by atoms with van der Waals surface area (Å²) < 4.78 is 40.4. The first-order chi connectivity index (χ1) is 16.7. The summed E-state index contributed by atoms with van der Waals surface area (Å²) in [6.45, 7) is 16.9. The van der Waals surface area contributed by atoms with E-state index in [-0.39, 0.29) is 51.6 Å². The van der Waals surface area contributed by atoms with Crippen molar-refractivity contribution < 1.29 is 13.2 Å². The van der Waals surface area contributed by atoms with Gasteiger partial charge in [-0.25, -0.2) is 30.2 Å². The lowest BCUT2D eigenvalue weighted by atomic mass is 9.92. The summed E-state index contributed by atoms with van der Waals surface area (Å²) in [5.74, 6) is 0. The van der Waals surface area contributed by atoms with Crippen molar-refractivity contribution >= 4 is 11.4 Å². The van der Waals surface area contributed by atoms with Crippen LogP contribution < -0.4 is 10.4 Å². The van der Waals surface area contributed by atoms with Gasteiger partial charge >= 0.3 is 6.18 Å². The number of fused-ring (bicyclic) bond motifs is 6. The molecular formula is C24H9F3N8. The van der Waals surface area contributed by atoms with Gasteiger partial charge in [0, 0.05) is 40.6 Å². The first kappa shape index (κ1) is 21.7. The monoisotopic (exact) mass is 466 g/mol. The Balaban J connectivity index is 2.09. The van der Waals surface area contributed by atoms with Crippen LogP contribution in [-0.4, -0.2) is 19.9 Å². The van der Waals surface area contributed by atoms with Crippen LogP contribution in [0.4, 0.5) is 13.2 Å².